The van der Waals surface area contributed by atoms with E-state index in [1.807, 2.05) is 42.5 Å². The lowest BCUT2D eigenvalue weighted by atomic mass is 10.2. The van der Waals surface area contributed by atoms with Crippen molar-refractivity contribution < 1.29 is 4.42 Å². The van der Waals surface area contributed by atoms with Crippen molar-refractivity contribution in [1.29, 1.82) is 0 Å². The van der Waals surface area contributed by atoms with E-state index in [1.54, 1.807) is 6.21 Å². The lowest BCUT2D eigenvalue weighted by Crippen LogP contribution is -1.83. The fraction of sp³-hybridized carbons (Fsp3) is 0.0625. The highest BCUT2D eigenvalue weighted by Gasteiger charge is 2.07. The second-order valence-electron chi connectivity index (χ2n) is 4.27. The van der Waals surface area contributed by atoms with Crippen molar-refractivity contribution >= 4 is 29.8 Å². The molecule has 3 rings (SSSR count). The Balaban J connectivity index is 1.83. The average Bonchev–Trinajstić information content (AvgIpc) is 2.78. The van der Waals surface area contributed by atoms with Crippen molar-refractivity contribution in [2.24, 2.45) is 4.99 Å². The van der Waals surface area contributed by atoms with Crippen LogP contribution in [0, 0.1) is 0 Å². The Morgan fingerprint density at radius 3 is 2.53 bits per heavy atom. The molecule has 3 aromatic rings. The minimum absolute atomic E-state index is 0.644. The van der Waals surface area contributed by atoms with Gasteiger partial charge in [-0.3, -0.25) is 4.99 Å². The molecule has 1 heterocycles. The Morgan fingerprint density at radius 2 is 1.74 bits per heavy atom. The molecule has 0 aliphatic rings. The molecule has 2 aromatic carbocycles. The van der Waals surface area contributed by atoms with Gasteiger partial charge < -0.3 is 4.42 Å². The van der Waals surface area contributed by atoms with Crippen molar-refractivity contribution in [2.45, 2.75) is 11.4 Å². The van der Waals surface area contributed by atoms with Crippen molar-refractivity contribution in [1.82, 2.24) is 0 Å². The molecule has 0 spiro atoms. The molecule has 19 heavy (non-hydrogen) atoms. The number of benzene rings is 2. The van der Waals surface area contributed by atoms with E-state index in [0.29, 0.717) is 12.3 Å². The van der Waals surface area contributed by atoms with Crippen molar-refractivity contribution in [3.05, 3.63) is 65.9 Å². The van der Waals surface area contributed by atoms with Gasteiger partial charge in [0.25, 0.3) is 0 Å². The second kappa shape index (κ2) is 5.33. The summed E-state index contributed by atoms with van der Waals surface area (Å²) in [5, 5.41) is 1.02. The predicted molar refractivity (Wildman–Crippen MR) is 81.2 cm³/mol. The molecular formula is C16H13NOS. The van der Waals surface area contributed by atoms with E-state index in [4.69, 9.17) is 4.42 Å². The fourth-order valence-electron chi connectivity index (χ4n) is 1.96. The number of aliphatic imine (C=N–C) groups is 1. The van der Waals surface area contributed by atoms with Gasteiger partial charge in [-0.1, -0.05) is 42.5 Å². The number of furan rings is 1. The highest BCUT2D eigenvalue weighted by atomic mass is 32.1. The number of fused-ring (bicyclic) bond motifs is 1. The third-order valence-electron chi connectivity index (χ3n) is 2.92. The fourth-order valence-corrected chi connectivity index (χ4v) is 2.24. The van der Waals surface area contributed by atoms with Crippen molar-refractivity contribution in [3.63, 3.8) is 0 Å². The normalized spacial score (nSPS) is 11.4. The average molecular weight is 267 g/mol. The molecule has 0 atom stereocenters. The van der Waals surface area contributed by atoms with Crippen molar-refractivity contribution in [2.75, 3.05) is 0 Å². The maximum atomic E-state index is 5.71. The first-order valence-corrected chi connectivity index (χ1v) is 6.53. The van der Waals surface area contributed by atoms with Crippen LogP contribution < -0.4 is 0 Å². The molecule has 2 nitrogen and oxygen atoms in total. The van der Waals surface area contributed by atoms with E-state index in [1.165, 1.54) is 5.56 Å². The van der Waals surface area contributed by atoms with E-state index in [0.717, 1.165) is 15.9 Å². The Bertz CT molecular complexity index is 716. The zero-order valence-electron chi connectivity index (χ0n) is 10.3. The van der Waals surface area contributed by atoms with E-state index in [2.05, 4.69) is 29.8 Å². The molecule has 0 fully saturated rings. The molecule has 0 amide bonds. The van der Waals surface area contributed by atoms with Crippen molar-refractivity contribution in [3.8, 4) is 0 Å². The highest BCUT2D eigenvalue weighted by molar-refractivity contribution is 7.80. The molecule has 0 N–H and O–H groups in total. The third-order valence-corrected chi connectivity index (χ3v) is 3.38. The van der Waals surface area contributed by atoms with Crippen LogP contribution in [0.4, 0.5) is 0 Å². The molecule has 3 heteroatoms. The van der Waals surface area contributed by atoms with Gasteiger partial charge in [0, 0.05) is 5.39 Å². The van der Waals surface area contributed by atoms with Gasteiger partial charge >= 0.3 is 0 Å². The maximum absolute atomic E-state index is 5.71. The lowest BCUT2D eigenvalue weighted by Gasteiger charge is -1.94. The molecule has 0 saturated carbocycles. The quantitative estimate of drug-likeness (QED) is 0.554. The minimum Gasteiger partial charge on any atom is -0.454 e. The monoisotopic (exact) mass is 267 g/mol. The highest BCUT2D eigenvalue weighted by Crippen LogP contribution is 2.27. The number of hydrogen-bond donors (Lipinski definition) is 1. The van der Waals surface area contributed by atoms with Crippen LogP contribution >= 0.6 is 12.6 Å². The van der Waals surface area contributed by atoms with Crippen LogP contribution in [0.3, 0.4) is 0 Å². The summed E-state index contributed by atoms with van der Waals surface area (Å²) in [7, 11) is 0. The molecular weight excluding hydrogens is 254 g/mol. The van der Waals surface area contributed by atoms with Gasteiger partial charge in [-0.25, -0.2) is 0 Å². The largest absolute Gasteiger partial charge is 0.454 e. The standard InChI is InChI=1S/C16H13NOS/c19-16-13-8-4-5-9-14(13)18-15(16)11-17-10-12-6-2-1-3-7-12/h1-9,11,19H,10H2. The molecule has 0 aliphatic carbocycles. The second-order valence-corrected chi connectivity index (χ2v) is 4.71. The SMILES string of the molecule is Sc1c(C=NCc2ccccc2)oc2ccccc12. The molecule has 94 valence electrons. The Hall–Kier alpha value is -2.00. The van der Waals surface area contributed by atoms with E-state index in [9.17, 15) is 0 Å². The molecule has 0 aliphatic heterocycles. The number of nitrogens with zero attached hydrogens (tertiary/aromatic N) is 1. The first-order chi connectivity index (χ1) is 9.34. The van der Waals surface area contributed by atoms with Gasteiger partial charge in [-0.05, 0) is 17.7 Å². The minimum atomic E-state index is 0.644. The molecule has 0 saturated heterocycles. The van der Waals surface area contributed by atoms with Gasteiger partial charge in [0.15, 0.2) is 5.76 Å². The van der Waals surface area contributed by atoms with Gasteiger partial charge in [0.05, 0.1) is 17.7 Å². The third kappa shape index (κ3) is 2.56. The summed E-state index contributed by atoms with van der Waals surface area (Å²) in [6, 6.07) is 18.0. The molecule has 0 unspecified atom stereocenters. The summed E-state index contributed by atoms with van der Waals surface area (Å²) in [4.78, 5) is 5.24. The zero-order valence-corrected chi connectivity index (χ0v) is 11.2. The van der Waals surface area contributed by atoms with E-state index >= 15 is 0 Å². The predicted octanol–water partition coefficient (Wildman–Crippen LogP) is 4.34. The summed E-state index contributed by atoms with van der Waals surface area (Å²) >= 11 is 4.49. The maximum Gasteiger partial charge on any atom is 0.159 e. The van der Waals surface area contributed by atoms with E-state index in [-0.39, 0.29) is 0 Å². The van der Waals surface area contributed by atoms with Gasteiger partial charge in [0.1, 0.15) is 5.58 Å². The summed E-state index contributed by atoms with van der Waals surface area (Å²) < 4.78 is 5.71. The first-order valence-electron chi connectivity index (χ1n) is 6.09. The Morgan fingerprint density at radius 1 is 1.00 bits per heavy atom. The van der Waals surface area contributed by atoms with Gasteiger partial charge in [-0.15, -0.1) is 12.6 Å². The van der Waals surface area contributed by atoms with Crippen LogP contribution in [0.2, 0.25) is 0 Å². The molecule has 1 aromatic heterocycles. The topological polar surface area (TPSA) is 25.5 Å². The number of hydrogen-bond acceptors (Lipinski definition) is 3. The van der Waals surface area contributed by atoms with Gasteiger partial charge in [0.2, 0.25) is 0 Å². The Labute approximate surface area is 117 Å². The van der Waals surface area contributed by atoms with E-state index < -0.39 is 0 Å². The van der Waals surface area contributed by atoms with Crippen LogP contribution in [-0.2, 0) is 6.54 Å². The number of para-hydroxylation sites is 1. The Kier molecular flexibility index (Phi) is 3.38. The summed E-state index contributed by atoms with van der Waals surface area (Å²) in [5.74, 6) is 0.709. The van der Waals surface area contributed by atoms with Crippen LogP contribution in [-0.4, -0.2) is 6.21 Å². The van der Waals surface area contributed by atoms with Crippen LogP contribution in [0.25, 0.3) is 11.0 Å². The number of rotatable bonds is 3. The van der Waals surface area contributed by atoms with Crippen LogP contribution in [0.15, 0.2) is 68.9 Å². The van der Waals surface area contributed by atoms with Gasteiger partial charge in [-0.2, -0.15) is 0 Å². The molecule has 0 radical (unpaired) electrons. The summed E-state index contributed by atoms with van der Waals surface area (Å²) in [5.41, 5.74) is 2.02. The summed E-state index contributed by atoms with van der Waals surface area (Å²) in [6.07, 6.45) is 1.75. The molecule has 0 bridgehead atoms. The first kappa shape index (κ1) is 12.1. The van der Waals surface area contributed by atoms with Crippen LogP contribution in [0.5, 0.6) is 0 Å². The van der Waals surface area contributed by atoms with Crippen LogP contribution in [0.1, 0.15) is 11.3 Å². The summed E-state index contributed by atoms with van der Waals surface area (Å²) in [6.45, 7) is 0.644. The lowest BCUT2D eigenvalue weighted by molar-refractivity contribution is 0.599. The number of thiol groups is 1. The zero-order chi connectivity index (χ0) is 13.1. The smallest absolute Gasteiger partial charge is 0.159 e.